The van der Waals surface area contributed by atoms with Crippen molar-refractivity contribution in [2.24, 2.45) is 7.05 Å². The van der Waals surface area contributed by atoms with Gasteiger partial charge in [-0.05, 0) is 30.5 Å². The normalized spacial score (nSPS) is 14.9. The van der Waals surface area contributed by atoms with E-state index < -0.39 is 0 Å². The first-order valence-electron chi connectivity index (χ1n) is 6.28. The fourth-order valence-corrected chi connectivity index (χ4v) is 2.66. The maximum absolute atomic E-state index is 4.17. The summed E-state index contributed by atoms with van der Waals surface area (Å²) in [6.07, 6.45) is 6.62. The molecule has 1 fully saturated rings. The van der Waals surface area contributed by atoms with Crippen molar-refractivity contribution in [3.05, 3.63) is 42.2 Å². The van der Waals surface area contributed by atoms with Gasteiger partial charge in [0.2, 0.25) is 0 Å². The Morgan fingerprint density at radius 3 is 2.67 bits per heavy atom. The molecule has 3 rings (SSSR count). The van der Waals surface area contributed by atoms with Gasteiger partial charge in [-0.1, -0.05) is 23.9 Å². The summed E-state index contributed by atoms with van der Waals surface area (Å²) in [6, 6.07) is 9.54. The molecule has 1 N–H and O–H groups in total. The van der Waals surface area contributed by atoms with Gasteiger partial charge in [0.05, 0.1) is 11.1 Å². The van der Waals surface area contributed by atoms with Crippen molar-refractivity contribution in [1.29, 1.82) is 0 Å². The van der Waals surface area contributed by atoms with E-state index in [2.05, 4.69) is 34.7 Å². The molecule has 0 atom stereocenters. The lowest BCUT2D eigenvalue weighted by atomic mass is 10.2. The average Bonchev–Trinajstić information content (AvgIpc) is 3.12. The van der Waals surface area contributed by atoms with Gasteiger partial charge in [0.15, 0.2) is 0 Å². The first-order chi connectivity index (χ1) is 8.79. The topological polar surface area (TPSA) is 29.9 Å². The second kappa shape index (κ2) is 5.16. The van der Waals surface area contributed by atoms with Crippen molar-refractivity contribution in [3.63, 3.8) is 0 Å². The minimum absolute atomic E-state index is 0.773. The van der Waals surface area contributed by atoms with E-state index in [1.54, 1.807) is 11.8 Å². The predicted octanol–water partition coefficient (Wildman–Crippen LogP) is 2.82. The summed E-state index contributed by atoms with van der Waals surface area (Å²) in [5, 5.41) is 7.70. The number of hydrogen-bond acceptors (Lipinski definition) is 3. The van der Waals surface area contributed by atoms with Crippen molar-refractivity contribution in [3.8, 4) is 0 Å². The van der Waals surface area contributed by atoms with Crippen LogP contribution in [0.3, 0.4) is 0 Å². The minimum Gasteiger partial charge on any atom is -0.310 e. The van der Waals surface area contributed by atoms with Crippen molar-refractivity contribution < 1.29 is 0 Å². The average molecular weight is 259 g/mol. The van der Waals surface area contributed by atoms with Gasteiger partial charge in [0.1, 0.15) is 0 Å². The summed E-state index contributed by atoms with van der Waals surface area (Å²) >= 11 is 1.75. The van der Waals surface area contributed by atoms with Crippen LogP contribution in [-0.2, 0) is 13.6 Å². The van der Waals surface area contributed by atoms with E-state index in [4.69, 9.17) is 0 Å². The third kappa shape index (κ3) is 3.15. The monoisotopic (exact) mass is 259 g/mol. The predicted molar refractivity (Wildman–Crippen MR) is 73.6 cm³/mol. The minimum atomic E-state index is 0.773. The van der Waals surface area contributed by atoms with Crippen molar-refractivity contribution in [2.45, 2.75) is 35.2 Å². The summed E-state index contributed by atoms with van der Waals surface area (Å²) in [4.78, 5) is 2.44. The van der Waals surface area contributed by atoms with Gasteiger partial charge in [-0.15, -0.1) is 0 Å². The number of benzene rings is 1. The molecule has 18 heavy (non-hydrogen) atoms. The molecule has 1 aliphatic carbocycles. The van der Waals surface area contributed by atoms with Crippen LogP contribution in [0.15, 0.2) is 46.5 Å². The molecular weight excluding hydrogens is 242 g/mol. The molecular formula is C14H17N3S. The standard InChI is InChI=1S/C14H17N3S/c1-17-10-14(9-16-17)18-13-6-2-11(3-7-13)8-15-12-4-5-12/h2-3,6-7,9-10,12,15H,4-5,8H2,1H3. The van der Waals surface area contributed by atoms with Gasteiger partial charge in [-0.3, -0.25) is 4.68 Å². The molecule has 1 aromatic heterocycles. The van der Waals surface area contributed by atoms with E-state index in [-0.39, 0.29) is 0 Å². The summed E-state index contributed by atoms with van der Waals surface area (Å²) in [5.74, 6) is 0. The van der Waals surface area contributed by atoms with E-state index in [1.165, 1.54) is 28.2 Å². The Labute approximate surface area is 112 Å². The highest BCUT2D eigenvalue weighted by molar-refractivity contribution is 7.99. The Kier molecular flexibility index (Phi) is 3.39. The zero-order valence-corrected chi connectivity index (χ0v) is 11.3. The maximum atomic E-state index is 4.17. The fraction of sp³-hybridized carbons (Fsp3) is 0.357. The molecule has 0 radical (unpaired) electrons. The molecule has 2 aromatic rings. The lowest BCUT2D eigenvalue weighted by Gasteiger charge is -2.04. The van der Waals surface area contributed by atoms with E-state index in [0.717, 1.165) is 12.6 Å². The van der Waals surface area contributed by atoms with Crippen molar-refractivity contribution >= 4 is 11.8 Å². The van der Waals surface area contributed by atoms with Crippen LogP contribution < -0.4 is 5.32 Å². The smallest absolute Gasteiger partial charge is 0.0629 e. The number of aryl methyl sites for hydroxylation is 1. The number of hydrogen-bond donors (Lipinski definition) is 1. The lowest BCUT2D eigenvalue weighted by Crippen LogP contribution is -2.14. The van der Waals surface area contributed by atoms with Gasteiger partial charge >= 0.3 is 0 Å². The Balaban J connectivity index is 1.59. The molecule has 0 unspecified atom stereocenters. The maximum Gasteiger partial charge on any atom is 0.0629 e. The van der Waals surface area contributed by atoms with Gasteiger partial charge in [-0.25, -0.2) is 0 Å². The zero-order chi connectivity index (χ0) is 12.4. The molecule has 1 heterocycles. The first-order valence-corrected chi connectivity index (χ1v) is 7.10. The van der Waals surface area contributed by atoms with Crippen LogP contribution in [0.2, 0.25) is 0 Å². The molecule has 1 aliphatic rings. The molecule has 0 saturated heterocycles. The molecule has 1 aromatic carbocycles. The third-order valence-electron chi connectivity index (χ3n) is 3.01. The van der Waals surface area contributed by atoms with Gasteiger partial charge < -0.3 is 5.32 Å². The number of nitrogens with zero attached hydrogens (tertiary/aromatic N) is 2. The van der Waals surface area contributed by atoms with Gasteiger partial charge in [0, 0.05) is 30.7 Å². The van der Waals surface area contributed by atoms with E-state index in [1.807, 2.05) is 24.1 Å². The molecule has 4 heteroatoms. The molecule has 3 nitrogen and oxygen atoms in total. The van der Waals surface area contributed by atoms with Crippen molar-refractivity contribution in [1.82, 2.24) is 15.1 Å². The summed E-state index contributed by atoms with van der Waals surface area (Å²) in [6.45, 7) is 0.989. The van der Waals surface area contributed by atoms with E-state index >= 15 is 0 Å². The van der Waals surface area contributed by atoms with Crippen LogP contribution >= 0.6 is 11.8 Å². The van der Waals surface area contributed by atoms with Crippen LogP contribution in [0.1, 0.15) is 18.4 Å². The van der Waals surface area contributed by atoms with E-state index in [9.17, 15) is 0 Å². The second-order valence-electron chi connectivity index (χ2n) is 4.75. The first kappa shape index (κ1) is 11.8. The summed E-state index contributed by atoms with van der Waals surface area (Å²) in [5.41, 5.74) is 1.36. The molecule has 0 bridgehead atoms. The van der Waals surface area contributed by atoms with Crippen LogP contribution in [0, 0.1) is 0 Å². The van der Waals surface area contributed by atoms with Gasteiger partial charge in [0.25, 0.3) is 0 Å². The van der Waals surface area contributed by atoms with Crippen LogP contribution in [0.25, 0.3) is 0 Å². The molecule has 0 aliphatic heterocycles. The Morgan fingerprint density at radius 1 is 1.28 bits per heavy atom. The molecule has 1 saturated carbocycles. The number of nitrogens with one attached hydrogen (secondary N) is 1. The highest BCUT2D eigenvalue weighted by atomic mass is 32.2. The fourth-order valence-electron chi connectivity index (χ4n) is 1.81. The molecule has 94 valence electrons. The Bertz CT molecular complexity index is 514. The zero-order valence-electron chi connectivity index (χ0n) is 10.5. The lowest BCUT2D eigenvalue weighted by molar-refractivity contribution is 0.687. The van der Waals surface area contributed by atoms with Crippen molar-refractivity contribution in [2.75, 3.05) is 0 Å². The highest BCUT2D eigenvalue weighted by Crippen LogP contribution is 2.27. The largest absolute Gasteiger partial charge is 0.310 e. The SMILES string of the molecule is Cn1cc(Sc2ccc(CNC3CC3)cc2)cn1. The van der Waals surface area contributed by atoms with Crippen LogP contribution in [0.4, 0.5) is 0 Å². The summed E-state index contributed by atoms with van der Waals surface area (Å²) < 4.78 is 1.83. The number of rotatable bonds is 5. The van der Waals surface area contributed by atoms with E-state index in [0.29, 0.717) is 0 Å². The summed E-state index contributed by atoms with van der Waals surface area (Å²) in [7, 11) is 1.94. The Hall–Kier alpha value is -1.26. The Morgan fingerprint density at radius 2 is 2.06 bits per heavy atom. The third-order valence-corrected chi connectivity index (χ3v) is 3.97. The molecule has 0 amide bonds. The second-order valence-corrected chi connectivity index (χ2v) is 5.90. The van der Waals surface area contributed by atoms with Crippen LogP contribution in [-0.4, -0.2) is 15.8 Å². The van der Waals surface area contributed by atoms with Crippen LogP contribution in [0.5, 0.6) is 0 Å². The number of aromatic nitrogens is 2. The highest BCUT2D eigenvalue weighted by Gasteiger charge is 2.19. The quantitative estimate of drug-likeness (QED) is 0.895. The van der Waals surface area contributed by atoms with Gasteiger partial charge in [-0.2, -0.15) is 5.10 Å². The molecule has 0 spiro atoms.